The standard InChI is InChI=1S/C17H26N2S/c1-2-20-16-7-5-13(6-8-16)17(19-18)11-15-10-12-3-4-14(15)9-12/h5-8,12,14-15,17,19H,2-4,9-11,18H2,1H3. The molecule has 1 aromatic carbocycles. The fourth-order valence-corrected chi connectivity index (χ4v) is 4.89. The third-order valence-corrected chi connectivity index (χ3v) is 6.11. The van der Waals surface area contributed by atoms with Crippen molar-refractivity contribution in [2.75, 3.05) is 5.75 Å². The monoisotopic (exact) mass is 290 g/mol. The summed E-state index contributed by atoms with van der Waals surface area (Å²) in [6.07, 6.45) is 7.06. The summed E-state index contributed by atoms with van der Waals surface area (Å²) in [6, 6.07) is 9.27. The van der Waals surface area contributed by atoms with Crippen molar-refractivity contribution in [3.05, 3.63) is 29.8 Å². The third kappa shape index (κ3) is 3.05. The molecule has 4 unspecified atom stereocenters. The lowest BCUT2D eigenvalue weighted by Gasteiger charge is -2.26. The lowest BCUT2D eigenvalue weighted by atomic mass is 9.83. The minimum absolute atomic E-state index is 0.319. The SMILES string of the molecule is CCSc1ccc(C(CC2CC3CCC2C3)NN)cc1. The van der Waals surface area contributed by atoms with Gasteiger partial charge in [-0.2, -0.15) is 0 Å². The maximum atomic E-state index is 5.82. The molecule has 1 aromatic rings. The molecule has 0 saturated heterocycles. The van der Waals surface area contributed by atoms with Crippen LogP contribution < -0.4 is 11.3 Å². The zero-order valence-electron chi connectivity index (χ0n) is 12.3. The molecule has 0 aromatic heterocycles. The van der Waals surface area contributed by atoms with Crippen molar-refractivity contribution in [2.45, 2.75) is 50.0 Å². The first-order chi connectivity index (χ1) is 9.80. The number of nitrogens with two attached hydrogens (primary N) is 1. The van der Waals surface area contributed by atoms with E-state index < -0.39 is 0 Å². The Morgan fingerprint density at radius 3 is 2.60 bits per heavy atom. The predicted octanol–water partition coefficient (Wildman–Crippen LogP) is 4.13. The fourth-order valence-electron chi connectivity index (χ4n) is 4.23. The molecule has 2 saturated carbocycles. The smallest absolute Gasteiger partial charge is 0.0462 e. The van der Waals surface area contributed by atoms with Crippen molar-refractivity contribution < 1.29 is 0 Å². The quantitative estimate of drug-likeness (QED) is 0.470. The largest absolute Gasteiger partial charge is 0.271 e. The first-order valence-corrected chi connectivity index (χ1v) is 8.97. The molecular formula is C17H26N2S. The van der Waals surface area contributed by atoms with Gasteiger partial charge in [0.05, 0.1) is 0 Å². The Bertz CT molecular complexity index is 431. The molecule has 3 N–H and O–H groups in total. The summed E-state index contributed by atoms with van der Waals surface area (Å²) >= 11 is 1.89. The summed E-state index contributed by atoms with van der Waals surface area (Å²) in [5, 5.41) is 0. The van der Waals surface area contributed by atoms with Gasteiger partial charge in [0.15, 0.2) is 0 Å². The van der Waals surface area contributed by atoms with Crippen molar-refractivity contribution in [3.8, 4) is 0 Å². The molecule has 2 aliphatic carbocycles. The zero-order valence-corrected chi connectivity index (χ0v) is 13.2. The van der Waals surface area contributed by atoms with Gasteiger partial charge >= 0.3 is 0 Å². The normalized spacial score (nSPS) is 29.8. The van der Waals surface area contributed by atoms with Gasteiger partial charge in [0.25, 0.3) is 0 Å². The number of hydrazine groups is 1. The summed E-state index contributed by atoms with van der Waals surface area (Å²) in [5.41, 5.74) is 4.39. The van der Waals surface area contributed by atoms with E-state index in [-0.39, 0.29) is 0 Å². The first kappa shape index (κ1) is 14.4. The van der Waals surface area contributed by atoms with Gasteiger partial charge in [0, 0.05) is 10.9 Å². The lowest BCUT2D eigenvalue weighted by molar-refractivity contribution is 0.280. The van der Waals surface area contributed by atoms with Crippen LogP contribution in [0.1, 0.15) is 50.6 Å². The van der Waals surface area contributed by atoms with E-state index in [2.05, 4.69) is 36.6 Å². The van der Waals surface area contributed by atoms with E-state index >= 15 is 0 Å². The Morgan fingerprint density at radius 2 is 2.05 bits per heavy atom. The maximum Gasteiger partial charge on any atom is 0.0462 e. The van der Waals surface area contributed by atoms with E-state index in [4.69, 9.17) is 5.84 Å². The van der Waals surface area contributed by atoms with Crippen LogP contribution in [0.25, 0.3) is 0 Å². The van der Waals surface area contributed by atoms with Crippen LogP contribution in [0.4, 0.5) is 0 Å². The van der Waals surface area contributed by atoms with Crippen LogP contribution in [0.5, 0.6) is 0 Å². The third-order valence-electron chi connectivity index (χ3n) is 5.22. The number of fused-ring (bicyclic) bond motifs is 2. The number of nitrogens with one attached hydrogen (secondary N) is 1. The number of hydrogen-bond donors (Lipinski definition) is 2. The van der Waals surface area contributed by atoms with Crippen molar-refractivity contribution in [1.29, 1.82) is 0 Å². The van der Waals surface area contributed by atoms with Gasteiger partial charge in [-0.1, -0.05) is 25.5 Å². The molecule has 0 radical (unpaired) electrons. The maximum absolute atomic E-state index is 5.82. The van der Waals surface area contributed by atoms with Gasteiger partial charge in [-0.25, -0.2) is 0 Å². The van der Waals surface area contributed by atoms with Crippen LogP contribution in [-0.2, 0) is 0 Å². The second kappa shape index (κ2) is 6.50. The van der Waals surface area contributed by atoms with E-state index in [1.807, 2.05) is 11.8 Å². The van der Waals surface area contributed by atoms with Gasteiger partial charge in [0.1, 0.15) is 0 Å². The van der Waals surface area contributed by atoms with Crippen molar-refractivity contribution in [2.24, 2.45) is 23.6 Å². The summed E-state index contributed by atoms with van der Waals surface area (Å²) in [5.74, 6) is 9.84. The predicted molar refractivity (Wildman–Crippen MR) is 86.5 cm³/mol. The van der Waals surface area contributed by atoms with Crippen LogP contribution in [0, 0.1) is 17.8 Å². The van der Waals surface area contributed by atoms with Crippen LogP contribution >= 0.6 is 11.8 Å². The van der Waals surface area contributed by atoms with Gasteiger partial charge in [-0.3, -0.25) is 11.3 Å². The highest BCUT2D eigenvalue weighted by Crippen LogP contribution is 2.50. The average Bonchev–Trinajstić information content (AvgIpc) is 3.08. The lowest BCUT2D eigenvalue weighted by Crippen LogP contribution is -2.30. The van der Waals surface area contributed by atoms with Crippen molar-refractivity contribution in [1.82, 2.24) is 5.43 Å². The van der Waals surface area contributed by atoms with Crippen molar-refractivity contribution >= 4 is 11.8 Å². The minimum atomic E-state index is 0.319. The van der Waals surface area contributed by atoms with E-state index in [1.54, 1.807) is 0 Å². The highest BCUT2D eigenvalue weighted by atomic mass is 32.2. The zero-order chi connectivity index (χ0) is 13.9. The average molecular weight is 290 g/mol. The molecule has 0 spiro atoms. The summed E-state index contributed by atoms with van der Waals surface area (Å²) < 4.78 is 0. The van der Waals surface area contributed by atoms with E-state index in [0.29, 0.717) is 6.04 Å². The van der Waals surface area contributed by atoms with Crippen molar-refractivity contribution in [3.63, 3.8) is 0 Å². The van der Waals surface area contributed by atoms with Gasteiger partial charge in [-0.15, -0.1) is 11.8 Å². The first-order valence-electron chi connectivity index (χ1n) is 7.99. The molecule has 3 heteroatoms. The molecule has 0 amide bonds. The molecule has 0 heterocycles. The Morgan fingerprint density at radius 1 is 1.25 bits per heavy atom. The molecule has 20 heavy (non-hydrogen) atoms. The summed E-state index contributed by atoms with van der Waals surface area (Å²) in [4.78, 5) is 1.35. The van der Waals surface area contributed by atoms with E-state index in [0.717, 1.165) is 23.5 Å². The van der Waals surface area contributed by atoms with Gasteiger partial charge in [0.2, 0.25) is 0 Å². The highest BCUT2D eigenvalue weighted by molar-refractivity contribution is 7.99. The minimum Gasteiger partial charge on any atom is -0.271 e. The highest BCUT2D eigenvalue weighted by Gasteiger charge is 2.40. The molecule has 3 rings (SSSR count). The number of thioether (sulfide) groups is 1. The Hall–Kier alpha value is -0.510. The Balaban J connectivity index is 1.63. The summed E-state index contributed by atoms with van der Waals surface area (Å²) in [6.45, 7) is 2.19. The second-order valence-corrected chi connectivity index (χ2v) is 7.73. The van der Waals surface area contributed by atoms with Crippen LogP contribution in [0.15, 0.2) is 29.2 Å². The number of benzene rings is 1. The Kier molecular flexibility index (Phi) is 4.69. The van der Waals surface area contributed by atoms with Crippen LogP contribution in [0.2, 0.25) is 0 Å². The Labute approximate surface area is 126 Å². The van der Waals surface area contributed by atoms with E-state index in [1.165, 1.54) is 42.6 Å². The van der Waals surface area contributed by atoms with E-state index in [9.17, 15) is 0 Å². The molecule has 4 atom stereocenters. The summed E-state index contributed by atoms with van der Waals surface area (Å²) in [7, 11) is 0. The molecule has 2 nitrogen and oxygen atoms in total. The number of rotatable bonds is 6. The molecule has 0 aliphatic heterocycles. The molecule has 110 valence electrons. The topological polar surface area (TPSA) is 38.0 Å². The second-order valence-electron chi connectivity index (χ2n) is 6.39. The van der Waals surface area contributed by atoms with Gasteiger partial charge in [-0.05, 0) is 66.9 Å². The van der Waals surface area contributed by atoms with Gasteiger partial charge < -0.3 is 0 Å². The fraction of sp³-hybridized carbons (Fsp3) is 0.647. The van der Waals surface area contributed by atoms with Crippen LogP contribution in [-0.4, -0.2) is 5.75 Å². The molecule has 2 aliphatic rings. The molecular weight excluding hydrogens is 264 g/mol. The molecule has 2 fully saturated rings. The van der Waals surface area contributed by atoms with Crippen LogP contribution in [0.3, 0.4) is 0 Å². The number of hydrogen-bond acceptors (Lipinski definition) is 3. The molecule has 2 bridgehead atoms.